The number of aliphatic hydroxyl groups excluding tert-OH is 3. The summed E-state index contributed by atoms with van der Waals surface area (Å²) in [5.74, 6) is -1.33. The topological polar surface area (TPSA) is 217 Å². The Morgan fingerprint density at radius 3 is 2.19 bits per heavy atom. The summed E-state index contributed by atoms with van der Waals surface area (Å²) in [6, 6.07) is 0. The molecule has 0 amide bonds. The molecule has 5 fully saturated rings. The predicted octanol–water partition coefficient (Wildman–Crippen LogP) is 2.48. The minimum absolute atomic E-state index is 0.0506. The fourth-order valence-electron chi connectivity index (χ4n) is 11.0. The third kappa shape index (κ3) is 7.05. The minimum atomic E-state index is -4.83. The summed E-state index contributed by atoms with van der Waals surface area (Å²) < 4.78 is 51.0. The Morgan fingerprint density at radius 2 is 1.57 bits per heavy atom. The first-order valence-corrected chi connectivity index (χ1v) is 18.5. The lowest BCUT2D eigenvalue weighted by Gasteiger charge is -2.63. The molecule has 6 N–H and O–H groups in total. The SMILES string of the molecule is CC(C)CC(=O)C[C@](C)(O)[C@H]1CC[C@H]2[C@@H]3C[C@H](OS(=O)(=O)O)[C@H]4C[C@@H](O[C@@H]5O[C@H](C(=O)O)[C@@H](O)[C@H](O)[C@H]5O)CC[C@]4(C)[C@H]3CC[C@@]21C. The maximum Gasteiger partial charge on any atom is 0.397 e. The van der Waals surface area contributed by atoms with Crippen LogP contribution in [0.2, 0.25) is 0 Å². The van der Waals surface area contributed by atoms with Gasteiger partial charge >= 0.3 is 16.4 Å². The molecular formula is C33H54O13S. The Hall–Kier alpha value is -1.23. The Labute approximate surface area is 277 Å². The Kier molecular flexibility index (Phi) is 10.4. The maximum atomic E-state index is 12.8. The number of ether oxygens (including phenoxy) is 2. The average molecular weight is 691 g/mol. The zero-order valence-electron chi connectivity index (χ0n) is 28.0. The van der Waals surface area contributed by atoms with Crippen molar-refractivity contribution in [2.45, 2.75) is 147 Å². The van der Waals surface area contributed by atoms with Crippen LogP contribution in [0.5, 0.6) is 0 Å². The number of rotatable bonds is 10. The van der Waals surface area contributed by atoms with Crippen molar-refractivity contribution in [3.8, 4) is 0 Å². The molecule has 270 valence electrons. The van der Waals surface area contributed by atoms with Crippen molar-refractivity contribution >= 4 is 22.2 Å². The van der Waals surface area contributed by atoms with Gasteiger partial charge in [0.1, 0.15) is 24.1 Å². The lowest BCUT2D eigenvalue weighted by Crippen LogP contribution is -2.62. The zero-order valence-corrected chi connectivity index (χ0v) is 28.8. The van der Waals surface area contributed by atoms with E-state index in [1.165, 1.54) is 0 Å². The van der Waals surface area contributed by atoms with Crippen LogP contribution < -0.4 is 0 Å². The van der Waals surface area contributed by atoms with E-state index in [9.17, 15) is 48.1 Å². The van der Waals surface area contributed by atoms with Gasteiger partial charge in [-0.15, -0.1) is 0 Å². The van der Waals surface area contributed by atoms with Crippen LogP contribution in [0.1, 0.15) is 98.8 Å². The third-order valence-corrected chi connectivity index (χ3v) is 13.4. The number of carboxylic acids is 1. The van der Waals surface area contributed by atoms with Gasteiger partial charge in [0.05, 0.1) is 17.8 Å². The number of carboxylic acid groups (broad SMARTS) is 1. The number of hydrogen-bond donors (Lipinski definition) is 6. The number of carbonyl (C=O) groups is 2. The number of ketones is 1. The fourth-order valence-corrected chi connectivity index (χ4v) is 11.6. The van der Waals surface area contributed by atoms with Gasteiger partial charge in [0.2, 0.25) is 0 Å². The molecule has 5 aliphatic rings. The lowest BCUT2D eigenvalue weighted by atomic mass is 9.43. The van der Waals surface area contributed by atoms with Gasteiger partial charge in [-0.25, -0.2) is 8.98 Å². The smallest absolute Gasteiger partial charge is 0.397 e. The van der Waals surface area contributed by atoms with Crippen molar-refractivity contribution in [1.29, 1.82) is 0 Å². The van der Waals surface area contributed by atoms with Gasteiger partial charge in [-0.05, 0) is 105 Å². The van der Waals surface area contributed by atoms with Crippen molar-refractivity contribution in [1.82, 2.24) is 0 Å². The number of fused-ring (bicyclic) bond motifs is 5. The summed E-state index contributed by atoms with van der Waals surface area (Å²) in [5.41, 5.74) is -1.84. The second-order valence-electron chi connectivity index (χ2n) is 16.4. The van der Waals surface area contributed by atoms with E-state index in [1.807, 2.05) is 13.8 Å². The third-order valence-electron chi connectivity index (χ3n) is 12.9. The molecule has 4 aliphatic carbocycles. The molecule has 1 heterocycles. The van der Waals surface area contributed by atoms with Crippen molar-refractivity contribution in [3.63, 3.8) is 0 Å². The van der Waals surface area contributed by atoms with Gasteiger partial charge < -0.3 is 35.0 Å². The molecular weight excluding hydrogens is 636 g/mol. The molecule has 13 nitrogen and oxygen atoms in total. The molecule has 15 atom stereocenters. The van der Waals surface area contributed by atoms with Gasteiger partial charge in [-0.2, -0.15) is 8.42 Å². The highest BCUT2D eigenvalue weighted by molar-refractivity contribution is 7.80. The van der Waals surface area contributed by atoms with E-state index in [0.717, 1.165) is 25.7 Å². The largest absolute Gasteiger partial charge is 0.479 e. The normalized spacial score (nSPS) is 46.6. The highest BCUT2D eigenvalue weighted by Gasteiger charge is 2.65. The van der Waals surface area contributed by atoms with Crippen LogP contribution in [0, 0.1) is 46.3 Å². The highest BCUT2D eigenvalue weighted by atomic mass is 32.3. The van der Waals surface area contributed by atoms with Gasteiger partial charge in [0.15, 0.2) is 12.4 Å². The molecule has 0 radical (unpaired) electrons. The van der Waals surface area contributed by atoms with E-state index >= 15 is 0 Å². The van der Waals surface area contributed by atoms with Crippen LogP contribution in [0.25, 0.3) is 0 Å². The van der Waals surface area contributed by atoms with Crippen LogP contribution in [0.15, 0.2) is 0 Å². The van der Waals surface area contributed by atoms with E-state index in [0.29, 0.717) is 25.7 Å². The first-order chi connectivity index (χ1) is 21.7. The Bertz CT molecular complexity index is 1290. The molecule has 5 rings (SSSR count). The summed E-state index contributed by atoms with van der Waals surface area (Å²) in [5, 5.41) is 52.0. The standard InChI is InChI=1S/C33H54O13S/c1-16(2)12-17(34)15-33(5,40)24-7-6-20-19-14-23(46-47(41,42)43)22-13-18(8-10-31(22,3)21(19)9-11-32(20,24)4)44-30-27(37)25(35)26(36)28(45-30)29(38)39/h16,18-28,30,35-37,40H,6-15H2,1-5H3,(H,38,39)(H,41,42,43)/t18-,19-,20-,21-,22+,23-,24-,25-,26-,27+,28-,30+,31+,32-,33-/m0/s1. The van der Waals surface area contributed by atoms with Crippen LogP contribution in [0.3, 0.4) is 0 Å². The summed E-state index contributed by atoms with van der Waals surface area (Å²) in [6.45, 7) is 10.1. The number of aliphatic hydroxyl groups is 4. The monoisotopic (exact) mass is 690 g/mol. The second kappa shape index (κ2) is 13.1. The van der Waals surface area contributed by atoms with Crippen molar-refractivity contribution in [3.05, 3.63) is 0 Å². The Balaban J connectivity index is 1.37. The van der Waals surface area contributed by atoms with Gasteiger partial charge in [0.25, 0.3) is 0 Å². The van der Waals surface area contributed by atoms with E-state index in [2.05, 4.69) is 13.8 Å². The van der Waals surface area contributed by atoms with E-state index < -0.39 is 70.3 Å². The van der Waals surface area contributed by atoms with Crippen LogP contribution in [-0.2, 0) is 33.6 Å². The quantitative estimate of drug-likeness (QED) is 0.144. The summed E-state index contributed by atoms with van der Waals surface area (Å²) in [6.07, 6.45) is -4.68. The van der Waals surface area contributed by atoms with E-state index in [4.69, 9.17) is 13.7 Å². The van der Waals surface area contributed by atoms with Gasteiger partial charge in [0, 0.05) is 12.8 Å². The molecule has 14 heteroatoms. The summed E-state index contributed by atoms with van der Waals surface area (Å²) >= 11 is 0. The lowest BCUT2D eigenvalue weighted by molar-refractivity contribution is -0.311. The minimum Gasteiger partial charge on any atom is -0.479 e. The number of Topliss-reactive ketones (excluding diaryl/α,β-unsaturated/α-hetero) is 1. The van der Waals surface area contributed by atoms with Crippen LogP contribution >= 0.6 is 0 Å². The molecule has 1 aliphatic heterocycles. The van der Waals surface area contributed by atoms with Gasteiger partial charge in [-0.1, -0.05) is 27.7 Å². The molecule has 1 saturated heterocycles. The molecule has 47 heavy (non-hydrogen) atoms. The molecule has 0 aromatic carbocycles. The fraction of sp³-hybridized carbons (Fsp3) is 0.939. The van der Waals surface area contributed by atoms with Crippen LogP contribution in [-0.4, -0.2) is 98.8 Å². The first-order valence-electron chi connectivity index (χ1n) is 17.2. The zero-order chi connectivity index (χ0) is 34.9. The molecule has 0 aromatic heterocycles. The van der Waals surface area contributed by atoms with Gasteiger partial charge in [-0.3, -0.25) is 9.35 Å². The van der Waals surface area contributed by atoms with Crippen molar-refractivity contribution < 1.29 is 61.7 Å². The maximum absolute atomic E-state index is 12.8. The Morgan fingerprint density at radius 1 is 0.936 bits per heavy atom. The number of carbonyl (C=O) groups excluding carboxylic acids is 1. The van der Waals surface area contributed by atoms with Crippen molar-refractivity contribution in [2.75, 3.05) is 0 Å². The van der Waals surface area contributed by atoms with Crippen LogP contribution in [0.4, 0.5) is 0 Å². The summed E-state index contributed by atoms with van der Waals surface area (Å²) in [4.78, 5) is 24.4. The average Bonchev–Trinajstić information content (AvgIpc) is 3.30. The number of aliphatic carboxylic acids is 1. The van der Waals surface area contributed by atoms with Crippen molar-refractivity contribution in [2.24, 2.45) is 46.3 Å². The second-order valence-corrected chi connectivity index (χ2v) is 17.4. The van der Waals surface area contributed by atoms with E-state index in [1.54, 1.807) is 6.92 Å². The summed E-state index contributed by atoms with van der Waals surface area (Å²) in [7, 11) is -4.83. The molecule has 0 spiro atoms. The highest BCUT2D eigenvalue weighted by Crippen LogP contribution is 2.69. The molecule has 0 bridgehead atoms. The predicted molar refractivity (Wildman–Crippen MR) is 166 cm³/mol. The molecule has 0 aromatic rings. The number of hydrogen-bond acceptors (Lipinski definition) is 11. The van der Waals surface area contributed by atoms with E-state index in [-0.39, 0.29) is 59.5 Å². The first kappa shape index (κ1) is 37.0. The molecule has 0 unspecified atom stereocenters. The molecule has 4 saturated carbocycles.